The minimum Gasteiger partial charge on any atom is -0.109 e. The van der Waals surface area contributed by atoms with E-state index in [1.165, 1.54) is 0 Å². The Kier molecular flexibility index (Phi) is 16.8. The molecule has 0 atom stereocenters. The molecule has 0 nitrogen and oxygen atoms in total. The summed E-state index contributed by atoms with van der Waals surface area (Å²) in [7, 11) is 0. The van der Waals surface area contributed by atoms with E-state index < -0.39 is 4.30 Å². The molecule has 0 rings (SSSR count). The van der Waals surface area contributed by atoms with Crippen LogP contribution in [-0.4, -0.2) is 9.63 Å². The lowest BCUT2D eigenvalue weighted by molar-refractivity contribution is 1.96. The van der Waals surface area contributed by atoms with Crippen molar-refractivity contribution in [2.75, 3.05) is 5.34 Å². The SMILES string of the molecule is ClC(Cl)Cl.ClCCl. The molecule has 5 heteroatoms. The zero-order valence-electron chi connectivity index (χ0n) is 3.17. The second kappa shape index (κ2) is 10.4. The van der Waals surface area contributed by atoms with Crippen molar-refractivity contribution < 1.29 is 0 Å². The summed E-state index contributed by atoms with van der Waals surface area (Å²) in [5.41, 5.74) is 0. The fourth-order valence-electron chi connectivity index (χ4n) is 0. The molecule has 0 aliphatic carbocycles. The van der Waals surface area contributed by atoms with E-state index in [2.05, 4.69) is 0 Å². The van der Waals surface area contributed by atoms with Gasteiger partial charge in [0.25, 0.3) is 0 Å². The van der Waals surface area contributed by atoms with E-state index in [0.29, 0.717) is 0 Å². The van der Waals surface area contributed by atoms with Gasteiger partial charge in [-0.2, -0.15) is 0 Å². The molecule has 0 radical (unpaired) electrons. The van der Waals surface area contributed by atoms with Crippen molar-refractivity contribution in [1.82, 2.24) is 0 Å². The van der Waals surface area contributed by atoms with E-state index in [9.17, 15) is 0 Å². The lowest BCUT2D eigenvalue weighted by Gasteiger charge is -1.69. The summed E-state index contributed by atoms with van der Waals surface area (Å²) in [6.07, 6.45) is 0. The first-order valence-corrected chi connectivity index (χ1v) is 3.57. The Bertz CT molecular complexity index is 17.3. The molecule has 46 valence electrons. The van der Waals surface area contributed by atoms with Gasteiger partial charge in [0.2, 0.25) is 0 Å². The summed E-state index contributed by atoms with van der Waals surface area (Å²) in [5, 5.41) is 0.194. The monoisotopic (exact) mass is 202 g/mol. The molecule has 0 spiro atoms. The van der Waals surface area contributed by atoms with E-state index in [0.717, 1.165) is 0 Å². The molecule has 0 N–H and O–H groups in total. The summed E-state index contributed by atoms with van der Waals surface area (Å²) in [4.78, 5) is 0. The standard InChI is InChI=1S/CHCl3.CH2Cl2/c2-1(3)4;2-1-3/h1H;1H2. The molecule has 0 unspecified atom stereocenters. The zero-order valence-corrected chi connectivity index (χ0v) is 6.95. The fraction of sp³-hybridized carbons (Fsp3) is 1.00. The van der Waals surface area contributed by atoms with Crippen molar-refractivity contribution in [3.8, 4) is 0 Å². The number of alkyl halides is 5. The maximum atomic E-state index is 4.81. The average molecular weight is 204 g/mol. The van der Waals surface area contributed by atoms with E-state index >= 15 is 0 Å². The zero-order chi connectivity index (χ0) is 6.28. The molecule has 0 saturated carbocycles. The largest absolute Gasteiger partial charge is 0.180 e. The molecule has 0 amide bonds. The van der Waals surface area contributed by atoms with Gasteiger partial charge in [-0.25, -0.2) is 0 Å². The van der Waals surface area contributed by atoms with Crippen LogP contribution in [0.4, 0.5) is 0 Å². The predicted octanol–water partition coefficient (Wildman–Crippen LogP) is 3.41. The molecule has 0 aromatic heterocycles. The highest BCUT2D eigenvalue weighted by atomic mass is 35.6. The Morgan fingerprint density at radius 1 is 1.00 bits per heavy atom. The molecule has 0 aromatic carbocycles. The number of hydrogen-bond donors (Lipinski definition) is 0. The van der Waals surface area contributed by atoms with Crippen molar-refractivity contribution in [3.63, 3.8) is 0 Å². The topological polar surface area (TPSA) is 0 Å². The van der Waals surface area contributed by atoms with Crippen LogP contribution in [0.25, 0.3) is 0 Å². The van der Waals surface area contributed by atoms with Gasteiger partial charge >= 0.3 is 0 Å². The maximum Gasteiger partial charge on any atom is 0.180 e. The Labute approximate surface area is 67.6 Å². The third-order valence-electron chi connectivity index (χ3n) is 0. The minimum absolute atomic E-state index is 0.194. The van der Waals surface area contributed by atoms with Crippen LogP contribution in [0, 0.1) is 0 Å². The highest BCUT2D eigenvalue weighted by molar-refractivity contribution is 6.63. The average Bonchev–Trinajstić information content (AvgIpc) is 1.33. The molecule has 0 bridgehead atoms. The highest BCUT2D eigenvalue weighted by Crippen LogP contribution is 2.03. The van der Waals surface area contributed by atoms with Gasteiger partial charge in [0.15, 0.2) is 4.30 Å². The Morgan fingerprint density at radius 2 is 1.00 bits per heavy atom. The van der Waals surface area contributed by atoms with E-state index in [4.69, 9.17) is 58.0 Å². The molecular weight excluding hydrogens is 201 g/mol. The van der Waals surface area contributed by atoms with E-state index in [1.807, 2.05) is 0 Å². The van der Waals surface area contributed by atoms with Crippen LogP contribution in [0.5, 0.6) is 0 Å². The summed E-state index contributed by atoms with van der Waals surface area (Å²) in [6, 6.07) is 0. The lowest BCUT2D eigenvalue weighted by atomic mass is 11.9. The summed E-state index contributed by atoms with van der Waals surface area (Å²) < 4.78 is -0.750. The first-order valence-electron chi connectivity index (χ1n) is 1.19. The number of halogens is 5. The fourth-order valence-corrected chi connectivity index (χ4v) is 0. The molecule has 0 aliphatic heterocycles. The molecule has 0 aliphatic rings. The Hall–Kier alpha value is 1.45. The third kappa shape index (κ3) is 105. The predicted molar refractivity (Wildman–Crippen MR) is 37.9 cm³/mol. The smallest absolute Gasteiger partial charge is 0.109 e. The van der Waals surface area contributed by atoms with Crippen molar-refractivity contribution in [3.05, 3.63) is 0 Å². The first kappa shape index (κ1) is 11.3. The van der Waals surface area contributed by atoms with Gasteiger partial charge in [-0.1, -0.05) is 34.8 Å². The molecule has 0 heterocycles. The lowest BCUT2D eigenvalue weighted by Crippen LogP contribution is -1.55. The summed E-state index contributed by atoms with van der Waals surface area (Å²) >= 11 is 23.9. The van der Waals surface area contributed by atoms with E-state index in [-0.39, 0.29) is 5.34 Å². The number of hydrogen-bond acceptors (Lipinski definition) is 0. The van der Waals surface area contributed by atoms with Gasteiger partial charge in [-0.3, -0.25) is 0 Å². The first-order chi connectivity index (χ1) is 3.15. The van der Waals surface area contributed by atoms with E-state index in [1.54, 1.807) is 0 Å². The quantitative estimate of drug-likeness (QED) is 0.530. The van der Waals surface area contributed by atoms with Crippen molar-refractivity contribution in [2.45, 2.75) is 4.30 Å². The molecule has 0 saturated heterocycles. The molecule has 7 heavy (non-hydrogen) atoms. The van der Waals surface area contributed by atoms with Crippen LogP contribution >= 0.6 is 58.0 Å². The Morgan fingerprint density at radius 3 is 1.00 bits per heavy atom. The van der Waals surface area contributed by atoms with Crippen LogP contribution in [0.15, 0.2) is 0 Å². The van der Waals surface area contributed by atoms with Gasteiger partial charge in [0, 0.05) is 0 Å². The van der Waals surface area contributed by atoms with Gasteiger partial charge < -0.3 is 0 Å². The number of rotatable bonds is 0. The molecular formula is C2H3Cl5. The van der Waals surface area contributed by atoms with Crippen molar-refractivity contribution in [2.24, 2.45) is 0 Å². The minimum atomic E-state index is -0.750. The normalized spacial score (nSPS) is 7.71. The second-order valence-corrected chi connectivity index (χ2v) is 3.14. The van der Waals surface area contributed by atoms with Crippen LogP contribution in [0.3, 0.4) is 0 Å². The van der Waals surface area contributed by atoms with Gasteiger partial charge in [0.1, 0.15) is 0 Å². The highest BCUT2D eigenvalue weighted by Gasteiger charge is 1.78. The maximum absolute atomic E-state index is 4.81. The van der Waals surface area contributed by atoms with Crippen LogP contribution in [0.1, 0.15) is 0 Å². The molecule has 0 fully saturated rings. The van der Waals surface area contributed by atoms with Crippen LogP contribution in [0.2, 0.25) is 0 Å². The van der Waals surface area contributed by atoms with Gasteiger partial charge in [-0.05, 0) is 0 Å². The second-order valence-electron chi connectivity index (χ2n) is 0.348. The van der Waals surface area contributed by atoms with Crippen LogP contribution in [-0.2, 0) is 0 Å². The summed E-state index contributed by atoms with van der Waals surface area (Å²) in [6.45, 7) is 0. The van der Waals surface area contributed by atoms with Crippen molar-refractivity contribution in [1.29, 1.82) is 0 Å². The van der Waals surface area contributed by atoms with Crippen molar-refractivity contribution >= 4 is 58.0 Å². The van der Waals surface area contributed by atoms with Gasteiger partial charge in [0.05, 0.1) is 5.34 Å². The molecule has 0 aromatic rings. The third-order valence-corrected chi connectivity index (χ3v) is 0. The van der Waals surface area contributed by atoms with Crippen LogP contribution < -0.4 is 0 Å². The Balaban J connectivity index is 0. The van der Waals surface area contributed by atoms with Gasteiger partial charge in [-0.15, -0.1) is 23.2 Å². The summed E-state index contributed by atoms with van der Waals surface area (Å²) in [5.74, 6) is 0.